The third kappa shape index (κ3) is 3.95. The van der Waals surface area contributed by atoms with Gasteiger partial charge in [-0.2, -0.15) is 0 Å². The van der Waals surface area contributed by atoms with E-state index in [1.165, 1.54) is 4.90 Å². The summed E-state index contributed by atoms with van der Waals surface area (Å²) in [7, 11) is 1.57. The molecule has 3 aromatic carbocycles. The fraction of sp³-hybridized carbons (Fsp3) is 0.154. The van der Waals surface area contributed by atoms with E-state index in [2.05, 4.69) is 5.32 Å². The van der Waals surface area contributed by atoms with Gasteiger partial charge in [0.1, 0.15) is 17.2 Å². The van der Waals surface area contributed by atoms with Crippen LogP contribution in [0.5, 0.6) is 11.5 Å². The average Bonchev–Trinajstić information content (AvgIpc) is 3.05. The second-order valence-electron chi connectivity index (χ2n) is 7.31. The zero-order valence-electron chi connectivity index (χ0n) is 18.2. The van der Waals surface area contributed by atoms with E-state index in [0.29, 0.717) is 40.6 Å². The zero-order valence-corrected chi connectivity index (χ0v) is 18.2. The van der Waals surface area contributed by atoms with Gasteiger partial charge < -0.3 is 14.8 Å². The first-order chi connectivity index (χ1) is 15.5. The van der Waals surface area contributed by atoms with Crippen LogP contribution in [0.4, 0.5) is 11.4 Å². The summed E-state index contributed by atoms with van der Waals surface area (Å²) in [5, 5.41) is 3.18. The standard InChI is InChI=1S/C26H24N2O4/c1-4-32-22-8-6-5-7-21(22)27-24-23(18-11-9-17(2)10-12-18)25(29)28(26(24)30)19-13-15-20(31-3)16-14-19/h5-16,27H,4H2,1-3H3. The van der Waals surface area contributed by atoms with Gasteiger partial charge in [0.15, 0.2) is 0 Å². The summed E-state index contributed by atoms with van der Waals surface area (Å²) in [6.45, 7) is 4.35. The highest BCUT2D eigenvalue weighted by Crippen LogP contribution is 2.36. The van der Waals surface area contributed by atoms with E-state index in [9.17, 15) is 9.59 Å². The minimum absolute atomic E-state index is 0.210. The van der Waals surface area contributed by atoms with Crippen LogP contribution in [0.15, 0.2) is 78.5 Å². The van der Waals surface area contributed by atoms with Crippen molar-refractivity contribution in [2.75, 3.05) is 23.9 Å². The van der Waals surface area contributed by atoms with Crippen LogP contribution in [-0.2, 0) is 9.59 Å². The van der Waals surface area contributed by atoms with E-state index in [4.69, 9.17) is 9.47 Å². The number of hydrogen-bond donors (Lipinski definition) is 1. The molecule has 3 aromatic rings. The largest absolute Gasteiger partial charge is 0.497 e. The van der Waals surface area contributed by atoms with Gasteiger partial charge in [-0.15, -0.1) is 0 Å². The first-order valence-electron chi connectivity index (χ1n) is 10.4. The SMILES string of the molecule is CCOc1ccccc1NC1=C(c2ccc(C)cc2)C(=O)N(c2ccc(OC)cc2)C1=O. The van der Waals surface area contributed by atoms with Gasteiger partial charge in [-0.1, -0.05) is 42.0 Å². The Labute approximate surface area is 187 Å². The summed E-state index contributed by atoms with van der Waals surface area (Å²) < 4.78 is 10.9. The van der Waals surface area contributed by atoms with Crippen LogP contribution in [0.1, 0.15) is 18.1 Å². The van der Waals surface area contributed by atoms with Crippen LogP contribution in [-0.4, -0.2) is 25.5 Å². The molecule has 0 spiro atoms. The number of benzene rings is 3. The molecule has 2 amide bonds. The molecule has 32 heavy (non-hydrogen) atoms. The van der Waals surface area contributed by atoms with Gasteiger partial charge in [0, 0.05) is 0 Å². The molecule has 0 unspecified atom stereocenters. The van der Waals surface area contributed by atoms with E-state index in [0.717, 1.165) is 5.56 Å². The third-order valence-electron chi connectivity index (χ3n) is 5.20. The van der Waals surface area contributed by atoms with Gasteiger partial charge in [-0.3, -0.25) is 9.59 Å². The van der Waals surface area contributed by atoms with Crippen molar-refractivity contribution in [2.24, 2.45) is 0 Å². The molecule has 0 saturated carbocycles. The van der Waals surface area contributed by atoms with Gasteiger partial charge >= 0.3 is 0 Å². The normalized spacial score (nSPS) is 13.5. The molecule has 0 saturated heterocycles. The molecule has 0 aromatic heterocycles. The number of methoxy groups -OCH3 is 1. The van der Waals surface area contributed by atoms with Crippen LogP contribution in [0.3, 0.4) is 0 Å². The maximum Gasteiger partial charge on any atom is 0.282 e. The molecule has 1 heterocycles. The highest BCUT2D eigenvalue weighted by Gasteiger charge is 2.40. The summed E-state index contributed by atoms with van der Waals surface area (Å²) in [5.41, 5.74) is 3.35. The molecular formula is C26H24N2O4. The Morgan fingerprint density at radius 2 is 1.56 bits per heavy atom. The molecule has 0 atom stereocenters. The van der Waals surface area contributed by atoms with Crippen LogP contribution < -0.4 is 19.7 Å². The number of imide groups is 1. The predicted octanol–water partition coefficient (Wildman–Crippen LogP) is 4.80. The number of nitrogens with one attached hydrogen (secondary N) is 1. The van der Waals surface area contributed by atoms with Crippen molar-refractivity contribution >= 4 is 28.8 Å². The smallest absolute Gasteiger partial charge is 0.282 e. The second kappa shape index (κ2) is 8.98. The average molecular weight is 428 g/mol. The Morgan fingerprint density at radius 3 is 2.22 bits per heavy atom. The highest BCUT2D eigenvalue weighted by molar-refractivity contribution is 6.46. The van der Waals surface area contributed by atoms with Gasteiger partial charge in [-0.25, -0.2) is 4.90 Å². The molecule has 0 fully saturated rings. The van der Waals surface area contributed by atoms with E-state index >= 15 is 0 Å². The van der Waals surface area contributed by atoms with Crippen molar-refractivity contribution in [3.8, 4) is 11.5 Å². The highest BCUT2D eigenvalue weighted by atomic mass is 16.5. The van der Waals surface area contributed by atoms with Gasteiger partial charge in [0.2, 0.25) is 0 Å². The molecule has 162 valence electrons. The number of anilines is 2. The van der Waals surface area contributed by atoms with E-state index < -0.39 is 5.91 Å². The second-order valence-corrected chi connectivity index (χ2v) is 7.31. The number of rotatable bonds is 7. The van der Waals surface area contributed by atoms with E-state index in [-0.39, 0.29) is 11.6 Å². The molecular weight excluding hydrogens is 404 g/mol. The quantitative estimate of drug-likeness (QED) is 0.548. The third-order valence-corrected chi connectivity index (χ3v) is 5.20. The van der Waals surface area contributed by atoms with Gasteiger partial charge in [0.25, 0.3) is 11.8 Å². The molecule has 4 rings (SSSR count). The molecule has 1 N–H and O–H groups in total. The number of aryl methyl sites for hydroxylation is 1. The molecule has 1 aliphatic heterocycles. The van der Waals surface area contributed by atoms with Crippen molar-refractivity contribution in [3.05, 3.63) is 89.6 Å². The fourth-order valence-corrected chi connectivity index (χ4v) is 3.59. The van der Waals surface area contributed by atoms with E-state index in [1.54, 1.807) is 31.4 Å². The van der Waals surface area contributed by atoms with Crippen molar-refractivity contribution < 1.29 is 19.1 Å². The Morgan fingerprint density at radius 1 is 0.875 bits per heavy atom. The molecule has 6 nitrogen and oxygen atoms in total. The van der Waals surface area contributed by atoms with E-state index in [1.807, 2.05) is 62.4 Å². The number of nitrogens with zero attached hydrogens (tertiary/aromatic N) is 1. The number of amides is 2. The molecule has 0 bridgehead atoms. The number of ether oxygens (including phenoxy) is 2. The number of carbonyl (C=O) groups is 2. The summed E-state index contributed by atoms with van der Waals surface area (Å²) in [6.07, 6.45) is 0. The molecule has 0 aliphatic carbocycles. The van der Waals surface area contributed by atoms with Crippen LogP contribution in [0.2, 0.25) is 0 Å². The number of carbonyl (C=O) groups excluding carboxylic acids is 2. The Hall–Kier alpha value is -4.06. The topological polar surface area (TPSA) is 67.9 Å². The van der Waals surface area contributed by atoms with Gasteiger partial charge in [0.05, 0.1) is 30.7 Å². The fourth-order valence-electron chi connectivity index (χ4n) is 3.59. The Balaban J connectivity index is 1.80. The van der Waals surface area contributed by atoms with Gasteiger partial charge in [-0.05, 0) is 55.8 Å². The van der Waals surface area contributed by atoms with Crippen LogP contribution in [0, 0.1) is 6.92 Å². The molecule has 6 heteroatoms. The summed E-state index contributed by atoms with van der Waals surface area (Å²) in [4.78, 5) is 28.2. The van der Waals surface area contributed by atoms with Crippen molar-refractivity contribution in [2.45, 2.75) is 13.8 Å². The zero-order chi connectivity index (χ0) is 22.7. The lowest BCUT2D eigenvalue weighted by Crippen LogP contribution is -2.32. The Kier molecular flexibility index (Phi) is 5.94. The lowest BCUT2D eigenvalue weighted by Gasteiger charge is -2.16. The van der Waals surface area contributed by atoms with Crippen LogP contribution in [0.25, 0.3) is 5.57 Å². The minimum Gasteiger partial charge on any atom is -0.497 e. The number of para-hydroxylation sites is 2. The van der Waals surface area contributed by atoms with Crippen molar-refractivity contribution in [3.63, 3.8) is 0 Å². The maximum atomic E-state index is 13.5. The lowest BCUT2D eigenvalue weighted by atomic mass is 10.0. The summed E-state index contributed by atoms with van der Waals surface area (Å²) in [5.74, 6) is 0.430. The van der Waals surface area contributed by atoms with Crippen LogP contribution >= 0.6 is 0 Å². The number of hydrogen-bond acceptors (Lipinski definition) is 5. The van der Waals surface area contributed by atoms with Crippen molar-refractivity contribution in [1.29, 1.82) is 0 Å². The minimum atomic E-state index is -0.429. The molecule has 0 radical (unpaired) electrons. The maximum absolute atomic E-state index is 13.5. The first-order valence-corrected chi connectivity index (χ1v) is 10.4. The Bertz CT molecular complexity index is 1180. The van der Waals surface area contributed by atoms with Crippen molar-refractivity contribution in [1.82, 2.24) is 0 Å². The monoisotopic (exact) mass is 428 g/mol. The first kappa shape index (κ1) is 21.2. The summed E-state index contributed by atoms with van der Waals surface area (Å²) >= 11 is 0. The lowest BCUT2D eigenvalue weighted by molar-refractivity contribution is -0.120. The summed E-state index contributed by atoms with van der Waals surface area (Å²) in [6, 6.07) is 21.7. The molecule has 1 aliphatic rings. The predicted molar refractivity (Wildman–Crippen MR) is 125 cm³/mol.